The molecule has 1 aliphatic rings. The van der Waals surface area contributed by atoms with Gasteiger partial charge in [0.15, 0.2) is 5.15 Å². The highest BCUT2D eigenvalue weighted by atomic mass is 35.5. The van der Waals surface area contributed by atoms with Crippen molar-refractivity contribution in [1.29, 1.82) is 0 Å². The predicted molar refractivity (Wildman–Crippen MR) is 73.7 cm³/mol. The molecule has 0 atom stereocenters. The van der Waals surface area contributed by atoms with Crippen LogP contribution >= 0.6 is 11.6 Å². The highest BCUT2D eigenvalue weighted by molar-refractivity contribution is 6.29. The van der Waals surface area contributed by atoms with Gasteiger partial charge in [0, 0.05) is 6.07 Å². The summed E-state index contributed by atoms with van der Waals surface area (Å²) in [6, 6.07) is 1.47. The van der Waals surface area contributed by atoms with Gasteiger partial charge in [0.1, 0.15) is 11.7 Å². The Bertz CT molecular complexity index is 512. The van der Waals surface area contributed by atoms with Crippen molar-refractivity contribution in [3.63, 3.8) is 0 Å². The van der Waals surface area contributed by atoms with E-state index in [2.05, 4.69) is 10.2 Å². The van der Waals surface area contributed by atoms with Crippen LogP contribution in [0.5, 0.6) is 5.88 Å². The molecule has 110 valence electrons. The number of likely N-dealkylation sites (tertiary alicyclic amines) is 1. The molecule has 0 radical (unpaired) electrons. The smallest absolute Gasteiger partial charge is 0.410 e. The van der Waals surface area contributed by atoms with Crippen LogP contribution in [0.15, 0.2) is 6.07 Å². The normalized spacial score (nSPS) is 15.7. The summed E-state index contributed by atoms with van der Waals surface area (Å²) in [7, 11) is 0. The maximum atomic E-state index is 11.7. The minimum absolute atomic E-state index is 0.166. The first-order valence-electron chi connectivity index (χ1n) is 6.18. The van der Waals surface area contributed by atoms with Gasteiger partial charge in [-0.2, -0.15) is 0 Å². The second kappa shape index (κ2) is 5.32. The lowest BCUT2D eigenvalue weighted by molar-refractivity contribution is -0.0232. The van der Waals surface area contributed by atoms with Crippen LogP contribution in [0.1, 0.15) is 20.8 Å². The van der Waals surface area contributed by atoms with E-state index in [1.165, 1.54) is 6.07 Å². The Kier molecular flexibility index (Phi) is 3.89. The topological polar surface area (TPSA) is 90.6 Å². The third kappa shape index (κ3) is 3.63. The molecule has 1 amide bonds. The molecule has 0 spiro atoms. The lowest BCUT2D eigenvalue weighted by atomic mass is 10.2. The largest absolute Gasteiger partial charge is 0.468 e. The maximum absolute atomic E-state index is 11.7. The van der Waals surface area contributed by atoms with Crippen LogP contribution in [0.3, 0.4) is 0 Å². The van der Waals surface area contributed by atoms with Gasteiger partial charge >= 0.3 is 6.09 Å². The van der Waals surface area contributed by atoms with E-state index in [1.54, 1.807) is 4.90 Å². The molecule has 2 N–H and O–H groups in total. The molecule has 0 bridgehead atoms. The summed E-state index contributed by atoms with van der Waals surface area (Å²) in [5.41, 5.74) is 5.52. The number of halogens is 1. The lowest BCUT2D eigenvalue weighted by Crippen LogP contribution is -2.57. The molecule has 1 saturated heterocycles. The highest BCUT2D eigenvalue weighted by Crippen LogP contribution is 2.24. The number of nitrogens with zero attached hydrogens (tertiary/aromatic N) is 3. The van der Waals surface area contributed by atoms with Crippen molar-refractivity contribution in [1.82, 2.24) is 15.1 Å². The first-order valence-corrected chi connectivity index (χ1v) is 6.55. The third-order valence-corrected chi connectivity index (χ3v) is 2.72. The van der Waals surface area contributed by atoms with E-state index in [9.17, 15) is 4.79 Å². The quantitative estimate of drug-likeness (QED) is 0.894. The van der Waals surface area contributed by atoms with Gasteiger partial charge in [-0.1, -0.05) is 11.6 Å². The van der Waals surface area contributed by atoms with E-state index in [1.807, 2.05) is 20.8 Å². The van der Waals surface area contributed by atoms with Gasteiger partial charge in [-0.15, -0.1) is 10.2 Å². The number of nitrogens with two attached hydrogens (primary N) is 1. The molecule has 2 heterocycles. The van der Waals surface area contributed by atoms with Gasteiger partial charge in [0.25, 0.3) is 5.88 Å². The van der Waals surface area contributed by atoms with Crippen LogP contribution in [0.25, 0.3) is 0 Å². The number of nitrogen functional groups attached to an aromatic ring is 1. The van der Waals surface area contributed by atoms with Crippen molar-refractivity contribution in [3.8, 4) is 5.88 Å². The Labute approximate surface area is 122 Å². The SMILES string of the molecule is CC(C)(C)OC(=O)N1CC(Oc2nnc(Cl)cc2N)C1. The van der Waals surface area contributed by atoms with Crippen LogP contribution in [-0.2, 0) is 4.74 Å². The zero-order valence-corrected chi connectivity index (χ0v) is 12.3. The van der Waals surface area contributed by atoms with Gasteiger partial charge in [0.2, 0.25) is 0 Å². The second-order valence-corrected chi connectivity index (χ2v) is 5.94. The molecule has 1 fully saturated rings. The summed E-state index contributed by atoms with van der Waals surface area (Å²) in [6.45, 7) is 6.32. The van der Waals surface area contributed by atoms with Gasteiger partial charge < -0.3 is 20.1 Å². The average Bonchev–Trinajstić information content (AvgIpc) is 2.22. The van der Waals surface area contributed by atoms with Crippen molar-refractivity contribution < 1.29 is 14.3 Å². The fraction of sp³-hybridized carbons (Fsp3) is 0.583. The maximum Gasteiger partial charge on any atom is 0.410 e. The van der Waals surface area contributed by atoms with Crippen molar-refractivity contribution in [2.75, 3.05) is 18.8 Å². The van der Waals surface area contributed by atoms with E-state index in [-0.39, 0.29) is 23.2 Å². The number of amides is 1. The van der Waals surface area contributed by atoms with E-state index >= 15 is 0 Å². The number of rotatable bonds is 2. The number of aromatic nitrogens is 2. The monoisotopic (exact) mass is 300 g/mol. The summed E-state index contributed by atoms with van der Waals surface area (Å²) in [4.78, 5) is 13.3. The number of hydrogen-bond donors (Lipinski definition) is 1. The van der Waals surface area contributed by atoms with Crippen LogP contribution in [-0.4, -0.2) is 46.0 Å². The van der Waals surface area contributed by atoms with Crippen LogP contribution in [0.2, 0.25) is 5.15 Å². The molecule has 7 nitrogen and oxygen atoms in total. The molecule has 20 heavy (non-hydrogen) atoms. The van der Waals surface area contributed by atoms with E-state index in [0.717, 1.165) is 0 Å². The lowest BCUT2D eigenvalue weighted by Gasteiger charge is -2.39. The Morgan fingerprint density at radius 3 is 2.65 bits per heavy atom. The summed E-state index contributed by atoms with van der Waals surface area (Å²) >= 11 is 5.65. The van der Waals surface area contributed by atoms with E-state index in [4.69, 9.17) is 26.8 Å². The van der Waals surface area contributed by atoms with Gasteiger partial charge in [-0.3, -0.25) is 0 Å². The van der Waals surface area contributed by atoms with Crippen molar-refractivity contribution in [2.24, 2.45) is 0 Å². The van der Waals surface area contributed by atoms with Gasteiger partial charge in [-0.25, -0.2) is 4.79 Å². The molecule has 0 saturated carbocycles. The number of carbonyl (C=O) groups excluding carboxylic acids is 1. The molecular formula is C12H17ClN4O3. The number of anilines is 1. The Hall–Kier alpha value is -1.76. The van der Waals surface area contributed by atoms with Crippen LogP contribution < -0.4 is 10.5 Å². The van der Waals surface area contributed by atoms with Crippen LogP contribution in [0, 0.1) is 0 Å². The molecule has 1 aromatic rings. The number of ether oxygens (including phenoxy) is 2. The molecule has 0 aliphatic carbocycles. The minimum atomic E-state index is -0.505. The highest BCUT2D eigenvalue weighted by Gasteiger charge is 2.35. The second-order valence-electron chi connectivity index (χ2n) is 5.55. The zero-order chi connectivity index (χ0) is 14.9. The first-order chi connectivity index (χ1) is 9.24. The van der Waals surface area contributed by atoms with Crippen molar-refractivity contribution >= 4 is 23.4 Å². The third-order valence-electron chi connectivity index (χ3n) is 2.54. The van der Waals surface area contributed by atoms with E-state index < -0.39 is 5.60 Å². The Morgan fingerprint density at radius 2 is 2.10 bits per heavy atom. The van der Waals surface area contributed by atoms with Crippen LogP contribution in [0.4, 0.5) is 10.5 Å². The van der Waals surface area contributed by atoms with Crippen molar-refractivity contribution in [2.45, 2.75) is 32.5 Å². The van der Waals surface area contributed by atoms with Crippen molar-refractivity contribution in [3.05, 3.63) is 11.2 Å². The molecule has 1 aromatic heterocycles. The standard InChI is InChI=1S/C12H17ClN4O3/c1-12(2,3)20-11(18)17-5-7(6-17)19-10-8(14)4-9(13)15-16-10/h4,7H,5-6H2,1-3H3,(H2,14,15). The molecule has 1 aliphatic heterocycles. The summed E-state index contributed by atoms with van der Waals surface area (Å²) < 4.78 is 10.8. The molecular weight excluding hydrogens is 284 g/mol. The number of carbonyl (C=O) groups is 1. The fourth-order valence-corrected chi connectivity index (χ4v) is 1.76. The first kappa shape index (κ1) is 14.6. The summed E-state index contributed by atoms with van der Waals surface area (Å²) in [5.74, 6) is 0.225. The number of hydrogen-bond acceptors (Lipinski definition) is 6. The Balaban J connectivity index is 1.83. The molecule has 0 aromatic carbocycles. The van der Waals surface area contributed by atoms with E-state index in [0.29, 0.717) is 18.8 Å². The Morgan fingerprint density at radius 1 is 1.45 bits per heavy atom. The summed E-state index contributed by atoms with van der Waals surface area (Å²) in [5, 5.41) is 7.63. The van der Waals surface area contributed by atoms with Gasteiger partial charge in [-0.05, 0) is 20.8 Å². The van der Waals surface area contributed by atoms with Gasteiger partial charge in [0.05, 0.1) is 18.8 Å². The predicted octanol–water partition coefficient (Wildman–Crippen LogP) is 1.71. The minimum Gasteiger partial charge on any atom is -0.468 e. The average molecular weight is 301 g/mol. The molecule has 8 heteroatoms. The molecule has 0 unspecified atom stereocenters. The molecule has 2 rings (SSSR count). The fourth-order valence-electron chi connectivity index (χ4n) is 1.61. The summed E-state index contributed by atoms with van der Waals surface area (Å²) in [6.07, 6.45) is -0.521. The zero-order valence-electron chi connectivity index (χ0n) is 11.6.